The first-order valence-electron chi connectivity index (χ1n) is 22.9. The van der Waals surface area contributed by atoms with Crippen molar-refractivity contribution >= 4 is 27.8 Å². The topological polar surface area (TPSA) is 3.24 Å². The van der Waals surface area contributed by atoms with Crippen LogP contribution in [0.25, 0.3) is 77.5 Å². The molecule has 0 bridgehead atoms. The molecule has 11 aromatic rings. The Bertz CT molecular complexity index is 3590. The molecule has 0 unspecified atom stereocenters. The van der Waals surface area contributed by atoms with Crippen molar-refractivity contribution in [3.63, 3.8) is 0 Å². The molecule has 2 aliphatic rings. The highest BCUT2D eigenvalue weighted by atomic mass is 15.1. The number of fused-ring (bicyclic) bond motifs is 12. The monoisotopic (exact) mass is 837 g/mol. The van der Waals surface area contributed by atoms with Crippen LogP contribution in [0.2, 0.25) is 0 Å². The average Bonchev–Trinajstić information content (AvgIpc) is 3.69. The number of rotatable bonds is 6. The second-order valence-electron chi connectivity index (χ2n) is 17.6. The van der Waals surface area contributed by atoms with E-state index in [9.17, 15) is 0 Å². The van der Waals surface area contributed by atoms with Crippen LogP contribution < -0.4 is 4.90 Å². The molecule has 0 radical (unpaired) electrons. The van der Waals surface area contributed by atoms with E-state index in [1.54, 1.807) is 0 Å². The smallest absolute Gasteiger partial charge is 0.0714 e. The summed E-state index contributed by atoms with van der Waals surface area (Å²) in [5.41, 5.74) is 22.6. The van der Waals surface area contributed by atoms with Crippen LogP contribution in [-0.4, -0.2) is 0 Å². The van der Waals surface area contributed by atoms with Gasteiger partial charge in [0, 0.05) is 17.1 Å². The summed E-state index contributed by atoms with van der Waals surface area (Å²) in [6.07, 6.45) is 0. The summed E-state index contributed by atoms with van der Waals surface area (Å²) >= 11 is 0. The van der Waals surface area contributed by atoms with E-state index in [4.69, 9.17) is 0 Å². The van der Waals surface area contributed by atoms with Gasteiger partial charge in [0.1, 0.15) is 0 Å². The highest BCUT2D eigenvalue weighted by Gasteiger charge is 2.46. The highest BCUT2D eigenvalue weighted by molar-refractivity contribution is 6.04. The minimum atomic E-state index is -0.530. The molecule has 308 valence electrons. The van der Waals surface area contributed by atoms with E-state index in [-0.39, 0.29) is 0 Å². The molecule has 0 atom stereocenters. The lowest BCUT2D eigenvalue weighted by molar-refractivity contribution is 0.768. The van der Waals surface area contributed by atoms with Gasteiger partial charge in [-0.1, -0.05) is 218 Å². The minimum Gasteiger partial charge on any atom is -0.310 e. The SMILES string of the molecule is c1ccc(C2(c3ccccc3)c3ccccc3-c3ccc(N(c4ccc(-c5ccc6ccccc6c5)cc4)c4ccc5c(c4)-c4ccccc4-c4ccccc4-c4ccccc4-5)cc32)cc1. The predicted molar refractivity (Wildman–Crippen MR) is 277 cm³/mol. The summed E-state index contributed by atoms with van der Waals surface area (Å²) < 4.78 is 0. The molecule has 1 nitrogen and oxygen atoms in total. The largest absolute Gasteiger partial charge is 0.310 e. The summed E-state index contributed by atoms with van der Waals surface area (Å²) in [5.74, 6) is 0. The van der Waals surface area contributed by atoms with E-state index in [0.717, 1.165) is 17.1 Å². The number of benzene rings is 11. The van der Waals surface area contributed by atoms with Crippen LogP contribution in [-0.2, 0) is 5.41 Å². The van der Waals surface area contributed by atoms with Gasteiger partial charge >= 0.3 is 0 Å². The van der Waals surface area contributed by atoms with E-state index in [0.29, 0.717) is 0 Å². The van der Waals surface area contributed by atoms with Crippen LogP contribution >= 0.6 is 0 Å². The van der Waals surface area contributed by atoms with Crippen LogP contribution in [0.4, 0.5) is 17.1 Å². The van der Waals surface area contributed by atoms with Crippen molar-refractivity contribution in [1.29, 1.82) is 0 Å². The molecule has 2 aliphatic carbocycles. The third-order valence-corrected chi connectivity index (χ3v) is 14.1. The predicted octanol–water partition coefficient (Wildman–Crippen LogP) is 17.3. The molecule has 11 aromatic carbocycles. The number of anilines is 3. The fraction of sp³-hybridized carbons (Fsp3) is 0.0154. The van der Waals surface area contributed by atoms with Crippen molar-refractivity contribution in [2.24, 2.45) is 0 Å². The molecule has 13 rings (SSSR count). The zero-order valence-corrected chi connectivity index (χ0v) is 36.3. The van der Waals surface area contributed by atoms with Crippen LogP contribution in [0.1, 0.15) is 22.3 Å². The van der Waals surface area contributed by atoms with Crippen molar-refractivity contribution in [2.45, 2.75) is 5.41 Å². The second kappa shape index (κ2) is 15.3. The van der Waals surface area contributed by atoms with Crippen LogP contribution in [0, 0.1) is 0 Å². The Kier molecular flexibility index (Phi) is 8.82. The molecule has 0 aliphatic heterocycles. The van der Waals surface area contributed by atoms with Gasteiger partial charge in [-0.05, 0) is 142 Å². The van der Waals surface area contributed by atoms with E-state index in [1.165, 1.54) is 99.8 Å². The molecule has 0 spiro atoms. The van der Waals surface area contributed by atoms with Gasteiger partial charge in [-0.3, -0.25) is 0 Å². The number of hydrogen-bond donors (Lipinski definition) is 0. The van der Waals surface area contributed by atoms with E-state index < -0.39 is 5.41 Å². The van der Waals surface area contributed by atoms with Gasteiger partial charge in [-0.15, -0.1) is 0 Å². The highest BCUT2D eigenvalue weighted by Crippen LogP contribution is 2.58. The van der Waals surface area contributed by atoms with Crippen LogP contribution in [0.15, 0.2) is 261 Å². The Morgan fingerprint density at radius 3 is 1.23 bits per heavy atom. The zero-order valence-electron chi connectivity index (χ0n) is 36.3. The first kappa shape index (κ1) is 38.0. The lowest BCUT2D eigenvalue weighted by Crippen LogP contribution is -2.28. The van der Waals surface area contributed by atoms with E-state index in [2.05, 4.69) is 266 Å². The maximum absolute atomic E-state index is 2.47. The average molecular weight is 838 g/mol. The van der Waals surface area contributed by atoms with E-state index >= 15 is 0 Å². The molecular formula is C65H43N. The van der Waals surface area contributed by atoms with Gasteiger partial charge < -0.3 is 4.90 Å². The quantitative estimate of drug-likeness (QED) is 0.161. The number of nitrogens with zero attached hydrogens (tertiary/aromatic N) is 1. The van der Waals surface area contributed by atoms with Crippen molar-refractivity contribution in [3.8, 4) is 66.8 Å². The Morgan fingerprint density at radius 2 is 0.636 bits per heavy atom. The van der Waals surface area contributed by atoms with Crippen molar-refractivity contribution in [3.05, 3.63) is 283 Å². The van der Waals surface area contributed by atoms with Crippen molar-refractivity contribution in [2.75, 3.05) is 4.90 Å². The summed E-state index contributed by atoms with van der Waals surface area (Å²) in [6, 6.07) is 96.7. The van der Waals surface area contributed by atoms with Gasteiger partial charge in [0.15, 0.2) is 0 Å². The third kappa shape index (κ3) is 5.87. The van der Waals surface area contributed by atoms with Gasteiger partial charge in [0.2, 0.25) is 0 Å². The van der Waals surface area contributed by atoms with Gasteiger partial charge in [-0.25, -0.2) is 0 Å². The number of hydrogen-bond acceptors (Lipinski definition) is 1. The second-order valence-corrected chi connectivity index (χ2v) is 17.6. The normalized spacial score (nSPS) is 12.7. The molecule has 0 aromatic heterocycles. The molecule has 0 heterocycles. The summed E-state index contributed by atoms with van der Waals surface area (Å²) in [4.78, 5) is 2.47. The summed E-state index contributed by atoms with van der Waals surface area (Å²) in [5, 5.41) is 2.49. The molecule has 66 heavy (non-hydrogen) atoms. The van der Waals surface area contributed by atoms with Crippen LogP contribution in [0.5, 0.6) is 0 Å². The minimum absolute atomic E-state index is 0.530. The lowest BCUT2D eigenvalue weighted by atomic mass is 9.67. The van der Waals surface area contributed by atoms with Crippen molar-refractivity contribution in [1.82, 2.24) is 0 Å². The molecule has 0 saturated carbocycles. The molecule has 0 saturated heterocycles. The van der Waals surface area contributed by atoms with Crippen molar-refractivity contribution < 1.29 is 0 Å². The fourth-order valence-corrected chi connectivity index (χ4v) is 11.2. The van der Waals surface area contributed by atoms with Gasteiger partial charge in [0.25, 0.3) is 0 Å². The van der Waals surface area contributed by atoms with E-state index in [1.807, 2.05) is 0 Å². The Hall–Kier alpha value is -8.52. The summed E-state index contributed by atoms with van der Waals surface area (Å²) in [6.45, 7) is 0. The third-order valence-electron chi connectivity index (χ3n) is 14.1. The fourth-order valence-electron chi connectivity index (χ4n) is 11.2. The maximum atomic E-state index is 2.47. The first-order chi connectivity index (χ1) is 32.7. The summed E-state index contributed by atoms with van der Waals surface area (Å²) in [7, 11) is 0. The Balaban J connectivity index is 1.05. The molecule has 0 N–H and O–H groups in total. The maximum Gasteiger partial charge on any atom is 0.0714 e. The molecule has 0 amide bonds. The molecular weight excluding hydrogens is 795 g/mol. The standard InChI is InChI=1S/C65H43N/c1-3-19-48(20-4-1)65(49-21-5-2-6-22-49)63-30-16-15-29-60(63)61-40-38-52(43-64(61)65)66(50-35-33-45(34-36-50)47-32-31-44-17-7-8-18-46(44)41-47)51-37-39-59-57-27-12-11-25-55(57)53-23-9-10-24-54(53)56-26-13-14-28-58(56)62(59)42-51/h1-43H. The Labute approximate surface area is 386 Å². The zero-order chi connectivity index (χ0) is 43.6. The molecule has 1 heteroatoms. The van der Waals surface area contributed by atoms with Gasteiger partial charge in [-0.2, -0.15) is 0 Å². The van der Waals surface area contributed by atoms with Gasteiger partial charge in [0.05, 0.1) is 5.41 Å². The lowest BCUT2D eigenvalue weighted by Gasteiger charge is -2.35. The Morgan fingerprint density at radius 1 is 0.227 bits per heavy atom. The van der Waals surface area contributed by atoms with Crippen LogP contribution in [0.3, 0.4) is 0 Å². The first-order valence-corrected chi connectivity index (χ1v) is 22.9. The molecule has 0 fully saturated rings.